The first-order chi connectivity index (χ1) is 9.60. The summed E-state index contributed by atoms with van der Waals surface area (Å²) in [6, 6.07) is 6.07. The Morgan fingerprint density at radius 3 is 2.50 bits per heavy atom. The summed E-state index contributed by atoms with van der Waals surface area (Å²) in [6.07, 6.45) is 7.01. The molecule has 1 aromatic heterocycles. The van der Waals surface area contributed by atoms with Crippen molar-refractivity contribution in [1.29, 1.82) is 0 Å². The molecule has 0 saturated carbocycles. The van der Waals surface area contributed by atoms with E-state index < -0.39 is 7.12 Å². The maximum atomic E-state index is 8.69. The number of aromatic nitrogens is 1. The number of unbranched alkanes of at least 4 members (excludes halogenated alkanes) is 1. The zero-order chi connectivity index (χ0) is 15.2. The molecule has 6 nitrogen and oxygen atoms in total. The van der Waals surface area contributed by atoms with Crippen molar-refractivity contribution in [3.8, 4) is 0 Å². The van der Waals surface area contributed by atoms with E-state index in [1.54, 1.807) is 6.20 Å². The highest BCUT2D eigenvalue weighted by Gasteiger charge is 2.07. The van der Waals surface area contributed by atoms with Crippen molar-refractivity contribution in [2.75, 3.05) is 0 Å². The highest BCUT2D eigenvalue weighted by molar-refractivity contribution is 6.40. The molecule has 1 atom stereocenters. The van der Waals surface area contributed by atoms with Crippen LogP contribution in [0.25, 0.3) is 0 Å². The van der Waals surface area contributed by atoms with Crippen LogP contribution >= 0.6 is 0 Å². The molecule has 7 heteroatoms. The Kier molecular flexibility index (Phi) is 11.6. The van der Waals surface area contributed by atoms with Gasteiger partial charge in [-0.3, -0.25) is 4.98 Å². The second-order valence-electron chi connectivity index (χ2n) is 4.47. The normalized spacial score (nSPS) is 10.9. The average molecular weight is 280 g/mol. The van der Waals surface area contributed by atoms with Crippen molar-refractivity contribution in [3.05, 3.63) is 30.1 Å². The maximum absolute atomic E-state index is 8.69. The Labute approximate surface area is 119 Å². The standard InChI is InChI=1S/C12H21BN2O2.CO2/c14-11(5-1-3-9-13(16)17)7-8-12-6-2-4-10-15-12;2-1-3/h2,4,6,10-11,16-17H,1,3,5,7-9,14H2;. The molecule has 4 N–H and O–H groups in total. The van der Waals surface area contributed by atoms with Gasteiger partial charge in [0.15, 0.2) is 0 Å². The number of rotatable bonds is 8. The molecule has 1 unspecified atom stereocenters. The molecule has 1 heterocycles. The fraction of sp³-hybridized carbons (Fsp3) is 0.538. The quantitative estimate of drug-likeness (QED) is 0.469. The fourth-order valence-corrected chi connectivity index (χ4v) is 1.76. The van der Waals surface area contributed by atoms with E-state index in [9.17, 15) is 0 Å². The SMILES string of the molecule is NC(CCCCB(O)O)CCc1ccccn1.O=C=O. The fourth-order valence-electron chi connectivity index (χ4n) is 1.76. The van der Waals surface area contributed by atoms with Crippen LogP contribution in [0, 0.1) is 0 Å². The molecule has 0 aromatic carbocycles. The van der Waals surface area contributed by atoms with Crippen LogP contribution in [0.1, 0.15) is 31.4 Å². The number of aryl methyl sites for hydroxylation is 1. The Morgan fingerprint density at radius 1 is 1.25 bits per heavy atom. The molecule has 1 rings (SSSR count). The maximum Gasteiger partial charge on any atom is 0.451 e. The Morgan fingerprint density at radius 2 is 1.95 bits per heavy atom. The van der Waals surface area contributed by atoms with Gasteiger partial charge in [-0.05, 0) is 37.7 Å². The van der Waals surface area contributed by atoms with Gasteiger partial charge < -0.3 is 15.8 Å². The second-order valence-corrected chi connectivity index (χ2v) is 4.47. The first kappa shape index (κ1) is 18.5. The molecule has 0 aliphatic rings. The average Bonchev–Trinajstić information content (AvgIpc) is 2.43. The van der Waals surface area contributed by atoms with Gasteiger partial charge >= 0.3 is 13.3 Å². The van der Waals surface area contributed by atoms with Crippen LogP contribution in [0.15, 0.2) is 24.4 Å². The van der Waals surface area contributed by atoms with Crippen molar-refractivity contribution in [2.45, 2.75) is 44.5 Å². The molecule has 0 spiro atoms. The van der Waals surface area contributed by atoms with Crippen molar-refractivity contribution in [3.63, 3.8) is 0 Å². The van der Waals surface area contributed by atoms with Crippen LogP contribution in [-0.2, 0) is 16.0 Å². The van der Waals surface area contributed by atoms with Gasteiger partial charge in [-0.1, -0.05) is 18.9 Å². The third-order valence-corrected chi connectivity index (χ3v) is 2.78. The van der Waals surface area contributed by atoms with Gasteiger partial charge in [0.1, 0.15) is 0 Å². The van der Waals surface area contributed by atoms with Crippen LogP contribution < -0.4 is 5.73 Å². The van der Waals surface area contributed by atoms with Crippen molar-refractivity contribution >= 4 is 13.3 Å². The smallest absolute Gasteiger partial charge is 0.427 e. The summed E-state index contributed by atoms with van der Waals surface area (Å²) in [5.41, 5.74) is 7.06. The summed E-state index contributed by atoms with van der Waals surface area (Å²) >= 11 is 0. The number of nitrogens with two attached hydrogens (primary N) is 1. The lowest BCUT2D eigenvalue weighted by molar-refractivity contribution is -0.191. The number of hydrogen-bond donors (Lipinski definition) is 3. The van der Waals surface area contributed by atoms with Crippen molar-refractivity contribution < 1.29 is 19.6 Å². The van der Waals surface area contributed by atoms with E-state index in [-0.39, 0.29) is 12.2 Å². The van der Waals surface area contributed by atoms with Gasteiger partial charge in [0.2, 0.25) is 0 Å². The van der Waals surface area contributed by atoms with Crippen LogP contribution in [0.3, 0.4) is 0 Å². The van der Waals surface area contributed by atoms with Crippen LogP contribution in [0.5, 0.6) is 0 Å². The molecule has 0 aliphatic carbocycles. The van der Waals surface area contributed by atoms with Gasteiger partial charge in [0, 0.05) is 17.9 Å². The van der Waals surface area contributed by atoms with E-state index in [4.69, 9.17) is 25.4 Å². The van der Waals surface area contributed by atoms with Crippen molar-refractivity contribution in [2.24, 2.45) is 5.73 Å². The topological polar surface area (TPSA) is 114 Å². The lowest BCUT2D eigenvalue weighted by Crippen LogP contribution is -2.21. The lowest BCUT2D eigenvalue weighted by Gasteiger charge is -2.10. The van der Waals surface area contributed by atoms with Crippen LogP contribution in [0.4, 0.5) is 0 Å². The lowest BCUT2D eigenvalue weighted by atomic mass is 9.83. The molecular formula is C13H21BN2O4. The molecule has 20 heavy (non-hydrogen) atoms. The van der Waals surface area contributed by atoms with Crippen molar-refractivity contribution in [1.82, 2.24) is 4.98 Å². The zero-order valence-corrected chi connectivity index (χ0v) is 11.4. The van der Waals surface area contributed by atoms with E-state index in [0.29, 0.717) is 6.32 Å². The first-order valence-corrected chi connectivity index (χ1v) is 6.61. The van der Waals surface area contributed by atoms with E-state index in [0.717, 1.165) is 37.8 Å². The molecule has 0 amide bonds. The Bertz CT molecular complexity index is 370. The Hall–Kier alpha value is -1.53. The van der Waals surface area contributed by atoms with Gasteiger partial charge in [0.25, 0.3) is 0 Å². The number of nitrogens with zero attached hydrogens (tertiary/aromatic N) is 1. The van der Waals surface area contributed by atoms with E-state index in [1.807, 2.05) is 18.2 Å². The minimum atomic E-state index is -1.18. The molecule has 0 fully saturated rings. The summed E-state index contributed by atoms with van der Waals surface area (Å²) in [5, 5.41) is 17.4. The molecule has 0 saturated heterocycles. The first-order valence-electron chi connectivity index (χ1n) is 6.61. The van der Waals surface area contributed by atoms with Gasteiger partial charge in [-0.25, -0.2) is 0 Å². The third kappa shape index (κ3) is 11.6. The van der Waals surface area contributed by atoms with E-state index >= 15 is 0 Å². The molecule has 0 aliphatic heterocycles. The molecule has 1 aromatic rings. The van der Waals surface area contributed by atoms with Crippen LogP contribution in [0.2, 0.25) is 6.32 Å². The minimum absolute atomic E-state index is 0.174. The van der Waals surface area contributed by atoms with E-state index in [1.165, 1.54) is 0 Å². The number of hydrogen-bond acceptors (Lipinski definition) is 6. The monoisotopic (exact) mass is 280 g/mol. The van der Waals surface area contributed by atoms with Gasteiger partial charge in [0.05, 0.1) is 0 Å². The summed E-state index contributed by atoms with van der Waals surface area (Å²) in [5.74, 6) is 0. The highest BCUT2D eigenvalue weighted by Crippen LogP contribution is 2.08. The van der Waals surface area contributed by atoms with Gasteiger partial charge in [-0.15, -0.1) is 0 Å². The van der Waals surface area contributed by atoms with Crippen LogP contribution in [-0.4, -0.2) is 34.3 Å². The molecular weight excluding hydrogens is 259 g/mol. The summed E-state index contributed by atoms with van der Waals surface area (Å²) in [6.45, 7) is 0. The summed E-state index contributed by atoms with van der Waals surface area (Å²) in [7, 11) is -1.18. The second kappa shape index (κ2) is 12.5. The summed E-state index contributed by atoms with van der Waals surface area (Å²) in [4.78, 5) is 20.5. The molecule has 110 valence electrons. The zero-order valence-electron chi connectivity index (χ0n) is 11.4. The molecule has 0 bridgehead atoms. The third-order valence-electron chi connectivity index (χ3n) is 2.78. The number of carbonyl (C=O) groups excluding carboxylic acids is 2. The highest BCUT2D eigenvalue weighted by atomic mass is 16.4. The number of pyridine rings is 1. The largest absolute Gasteiger partial charge is 0.451 e. The predicted molar refractivity (Wildman–Crippen MR) is 74.4 cm³/mol. The molecule has 0 radical (unpaired) electrons. The van der Waals surface area contributed by atoms with E-state index in [2.05, 4.69) is 4.98 Å². The minimum Gasteiger partial charge on any atom is -0.427 e. The summed E-state index contributed by atoms with van der Waals surface area (Å²) < 4.78 is 0. The predicted octanol–water partition coefficient (Wildman–Crippen LogP) is 0.401. The Balaban J connectivity index is 0.00000110. The van der Waals surface area contributed by atoms with Gasteiger partial charge in [-0.2, -0.15) is 9.59 Å².